The third-order valence-corrected chi connectivity index (χ3v) is 7.95. The molecule has 4 aliphatic rings. The van der Waals surface area contributed by atoms with E-state index in [2.05, 4.69) is 32.0 Å². The molecule has 2 spiro atoms. The van der Waals surface area contributed by atoms with Gasteiger partial charge in [-0.3, -0.25) is 4.79 Å². The Kier molecular flexibility index (Phi) is 4.32. The Labute approximate surface area is 162 Å². The number of imidazole rings is 1. The van der Waals surface area contributed by atoms with Crippen molar-refractivity contribution in [2.45, 2.75) is 64.6 Å². The first-order valence-corrected chi connectivity index (χ1v) is 10.9. The van der Waals surface area contributed by atoms with Gasteiger partial charge in [-0.2, -0.15) is 0 Å². The van der Waals surface area contributed by atoms with E-state index in [9.17, 15) is 4.79 Å². The topological polar surface area (TPSA) is 62.2 Å². The molecule has 2 saturated heterocycles. The molecule has 5 rings (SSSR count). The molecule has 0 unspecified atom stereocenters. The summed E-state index contributed by atoms with van der Waals surface area (Å²) in [6.45, 7) is 8.09. The lowest BCUT2D eigenvalue weighted by molar-refractivity contribution is -0.135. The third kappa shape index (κ3) is 3.01. The molecule has 2 saturated carbocycles. The number of hydrogen-bond donors (Lipinski definition) is 2. The van der Waals surface area contributed by atoms with Crippen molar-refractivity contribution < 1.29 is 4.79 Å². The molecule has 2 aliphatic heterocycles. The van der Waals surface area contributed by atoms with E-state index >= 15 is 0 Å². The van der Waals surface area contributed by atoms with E-state index in [1.165, 1.54) is 32.1 Å². The summed E-state index contributed by atoms with van der Waals surface area (Å²) in [5, 5.41) is 6.94. The van der Waals surface area contributed by atoms with Gasteiger partial charge in [-0.25, -0.2) is 4.98 Å². The van der Waals surface area contributed by atoms with Crippen LogP contribution in [-0.2, 0) is 17.9 Å². The Morgan fingerprint density at radius 3 is 2.48 bits per heavy atom. The zero-order valence-corrected chi connectivity index (χ0v) is 16.5. The Morgan fingerprint density at radius 1 is 1.15 bits per heavy atom. The van der Waals surface area contributed by atoms with E-state index < -0.39 is 0 Å². The molecule has 6 heteroatoms. The molecule has 0 bridgehead atoms. The van der Waals surface area contributed by atoms with Gasteiger partial charge in [-0.05, 0) is 82.5 Å². The van der Waals surface area contributed by atoms with Crippen molar-refractivity contribution in [2.24, 2.45) is 16.7 Å². The lowest BCUT2D eigenvalue weighted by atomic mass is 9.91. The Balaban J connectivity index is 1.36. The minimum atomic E-state index is 0.254. The van der Waals surface area contributed by atoms with E-state index in [1.807, 2.05) is 12.4 Å². The van der Waals surface area contributed by atoms with Gasteiger partial charge < -0.3 is 20.1 Å². The minimum Gasteiger partial charge on any atom is -0.334 e. The van der Waals surface area contributed by atoms with Crippen LogP contribution in [0.4, 0.5) is 0 Å². The summed E-state index contributed by atoms with van der Waals surface area (Å²) in [4.78, 5) is 20.5. The SMILES string of the molecule is CCn1ccnc1CN(C(=O)[C@H]1CC12CCNCC2)[C@@H]1CC12CCNCC2. The Bertz CT molecular complexity index is 701. The van der Waals surface area contributed by atoms with Crippen LogP contribution in [-0.4, -0.2) is 52.6 Å². The monoisotopic (exact) mass is 371 g/mol. The second kappa shape index (κ2) is 6.59. The quantitative estimate of drug-likeness (QED) is 0.828. The van der Waals surface area contributed by atoms with Gasteiger partial charge in [0.25, 0.3) is 0 Å². The Hall–Kier alpha value is -1.40. The standard InChI is InChI=1S/C21H33N5O/c1-2-25-12-11-24-18(25)15-26(17-14-21(17)5-9-23-10-6-21)19(27)16-13-20(16)3-7-22-8-4-20/h11-12,16-17,22-23H,2-10,13-15H2,1H3/t16-,17-/m1/s1. The van der Waals surface area contributed by atoms with E-state index in [-0.39, 0.29) is 5.92 Å². The largest absolute Gasteiger partial charge is 0.334 e. The number of carbonyl (C=O) groups is 1. The first-order valence-electron chi connectivity index (χ1n) is 10.9. The summed E-state index contributed by atoms with van der Waals surface area (Å²) < 4.78 is 2.19. The summed E-state index contributed by atoms with van der Waals surface area (Å²) in [5.41, 5.74) is 0.678. The molecule has 4 fully saturated rings. The summed E-state index contributed by atoms with van der Waals surface area (Å²) in [5.74, 6) is 1.72. The molecule has 6 nitrogen and oxygen atoms in total. The van der Waals surface area contributed by atoms with Gasteiger partial charge in [0.2, 0.25) is 5.91 Å². The predicted molar refractivity (Wildman–Crippen MR) is 104 cm³/mol. The fraction of sp³-hybridized carbons (Fsp3) is 0.810. The van der Waals surface area contributed by atoms with Crippen LogP contribution in [0.2, 0.25) is 0 Å². The smallest absolute Gasteiger partial charge is 0.226 e. The van der Waals surface area contributed by atoms with Crippen molar-refractivity contribution in [3.05, 3.63) is 18.2 Å². The summed E-state index contributed by atoms with van der Waals surface area (Å²) in [7, 11) is 0. The lowest BCUT2D eigenvalue weighted by Crippen LogP contribution is -2.41. The molecule has 0 aromatic carbocycles. The fourth-order valence-corrected chi connectivity index (χ4v) is 5.88. The van der Waals surface area contributed by atoms with Crippen LogP contribution < -0.4 is 10.6 Å². The number of aryl methyl sites for hydroxylation is 1. The molecule has 0 radical (unpaired) electrons. The highest BCUT2D eigenvalue weighted by atomic mass is 16.2. The molecule has 1 aromatic heterocycles. The van der Waals surface area contributed by atoms with Crippen LogP contribution in [0.5, 0.6) is 0 Å². The highest BCUT2D eigenvalue weighted by Crippen LogP contribution is 2.62. The van der Waals surface area contributed by atoms with Crippen molar-refractivity contribution in [2.75, 3.05) is 26.2 Å². The predicted octanol–water partition coefficient (Wildman–Crippen LogP) is 1.76. The molecule has 2 aliphatic carbocycles. The highest BCUT2D eigenvalue weighted by Gasteiger charge is 2.63. The molecule has 2 N–H and O–H groups in total. The maximum absolute atomic E-state index is 13.7. The van der Waals surface area contributed by atoms with Gasteiger partial charge in [0.15, 0.2) is 0 Å². The molecule has 3 heterocycles. The minimum absolute atomic E-state index is 0.254. The number of nitrogens with zero attached hydrogens (tertiary/aromatic N) is 3. The van der Waals surface area contributed by atoms with Gasteiger partial charge >= 0.3 is 0 Å². The number of rotatable bonds is 5. The number of hydrogen-bond acceptors (Lipinski definition) is 4. The van der Waals surface area contributed by atoms with E-state index in [4.69, 9.17) is 0 Å². The number of amides is 1. The average molecular weight is 372 g/mol. The lowest BCUT2D eigenvalue weighted by Gasteiger charge is -2.31. The fourth-order valence-electron chi connectivity index (χ4n) is 5.88. The van der Waals surface area contributed by atoms with E-state index in [0.717, 1.165) is 45.0 Å². The van der Waals surface area contributed by atoms with Crippen molar-refractivity contribution in [1.29, 1.82) is 0 Å². The van der Waals surface area contributed by atoms with E-state index in [1.54, 1.807) is 0 Å². The first-order chi connectivity index (χ1) is 13.2. The van der Waals surface area contributed by atoms with Crippen molar-refractivity contribution in [3.8, 4) is 0 Å². The zero-order chi connectivity index (χ0) is 18.5. The highest BCUT2D eigenvalue weighted by molar-refractivity contribution is 5.83. The van der Waals surface area contributed by atoms with Crippen LogP contribution in [0.1, 0.15) is 51.3 Å². The van der Waals surface area contributed by atoms with Gasteiger partial charge in [-0.15, -0.1) is 0 Å². The van der Waals surface area contributed by atoms with Crippen LogP contribution in [0.15, 0.2) is 12.4 Å². The van der Waals surface area contributed by atoms with Crippen molar-refractivity contribution in [3.63, 3.8) is 0 Å². The first kappa shape index (κ1) is 17.7. The van der Waals surface area contributed by atoms with Crippen molar-refractivity contribution in [1.82, 2.24) is 25.1 Å². The second-order valence-corrected chi connectivity index (χ2v) is 9.30. The Morgan fingerprint density at radius 2 is 1.81 bits per heavy atom. The van der Waals surface area contributed by atoms with E-state index in [0.29, 0.717) is 29.3 Å². The molecular weight excluding hydrogens is 338 g/mol. The molecule has 1 aromatic rings. The van der Waals surface area contributed by atoms with Crippen LogP contribution in [0.25, 0.3) is 0 Å². The maximum atomic E-state index is 13.7. The van der Waals surface area contributed by atoms with Gasteiger partial charge in [0.1, 0.15) is 5.82 Å². The number of aromatic nitrogens is 2. The molecule has 27 heavy (non-hydrogen) atoms. The number of carbonyl (C=O) groups excluding carboxylic acids is 1. The van der Waals surface area contributed by atoms with Crippen LogP contribution in [0, 0.1) is 16.7 Å². The summed E-state index contributed by atoms with van der Waals surface area (Å²) >= 11 is 0. The molecular formula is C21H33N5O. The molecule has 1 amide bonds. The van der Waals surface area contributed by atoms with Crippen LogP contribution in [0.3, 0.4) is 0 Å². The molecule has 2 atom stereocenters. The zero-order valence-electron chi connectivity index (χ0n) is 16.5. The third-order valence-electron chi connectivity index (χ3n) is 7.95. The summed E-state index contributed by atoms with van der Waals surface area (Å²) in [6.07, 6.45) is 11.0. The number of nitrogens with one attached hydrogen (secondary N) is 2. The average Bonchev–Trinajstić information content (AvgIpc) is 3.51. The maximum Gasteiger partial charge on any atom is 0.226 e. The van der Waals surface area contributed by atoms with Gasteiger partial charge in [-0.1, -0.05) is 0 Å². The number of piperidine rings is 2. The van der Waals surface area contributed by atoms with Crippen molar-refractivity contribution >= 4 is 5.91 Å². The van der Waals surface area contributed by atoms with Crippen LogP contribution >= 0.6 is 0 Å². The normalized spacial score (nSPS) is 30.4. The van der Waals surface area contributed by atoms with Gasteiger partial charge in [0, 0.05) is 30.9 Å². The second-order valence-electron chi connectivity index (χ2n) is 9.30. The summed E-state index contributed by atoms with van der Waals surface area (Å²) in [6, 6.07) is 0.425. The molecule has 148 valence electrons. The van der Waals surface area contributed by atoms with Gasteiger partial charge in [0.05, 0.1) is 6.54 Å².